The minimum absolute atomic E-state index is 0. The number of aliphatic hydroxyl groups is 1. The van der Waals surface area contributed by atoms with Gasteiger partial charge in [0.2, 0.25) is 0 Å². The maximum Gasteiger partial charge on any atom is 0.168 e. The van der Waals surface area contributed by atoms with E-state index in [2.05, 4.69) is 42.2 Å². The first kappa shape index (κ1) is 27.3. The quantitative estimate of drug-likeness (QED) is 0.288. The summed E-state index contributed by atoms with van der Waals surface area (Å²) in [6.45, 7) is 10.2. The Bertz CT molecular complexity index is 1230. The van der Waals surface area contributed by atoms with E-state index in [1.807, 2.05) is 58.2 Å². The van der Waals surface area contributed by atoms with Crippen LogP contribution < -0.4 is 0 Å². The molecule has 1 heterocycles. The number of carbonyl (C=O) groups is 1. The molecule has 3 nitrogen and oxygen atoms in total. The Morgan fingerprint density at radius 1 is 1.00 bits per heavy atom. The maximum atomic E-state index is 12.4. The number of benzene rings is 2. The fourth-order valence-corrected chi connectivity index (χ4v) is 5.06. The van der Waals surface area contributed by atoms with Crippen LogP contribution in [0.15, 0.2) is 66.1 Å². The first-order valence-electron chi connectivity index (χ1n) is 12.5. The Kier molecular flexibility index (Phi) is 8.40. The summed E-state index contributed by atoms with van der Waals surface area (Å²) in [6.07, 6.45) is 7.03. The van der Waals surface area contributed by atoms with E-state index in [1.54, 1.807) is 0 Å². The summed E-state index contributed by atoms with van der Waals surface area (Å²) in [5.41, 5.74) is 3.63. The summed E-state index contributed by atoms with van der Waals surface area (Å²) < 4.78 is 0. The Labute approximate surface area is 223 Å². The van der Waals surface area contributed by atoms with Crippen LogP contribution in [0.3, 0.4) is 0 Å². The van der Waals surface area contributed by atoms with Crippen molar-refractivity contribution in [3.63, 3.8) is 0 Å². The van der Waals surface area contributed by atoms with Gasteiger partial charge in [-0.15, -0.1) is 35.9 Å². The predicted molar refractivity (Wildman–Crippen MR) is 140 cm³/mol. The van der Waals surface area contributed by atoms with Crippen LogP contribution in [-0.2, 0) is 31.3 Å². The number of ketones is 1. The topological polar surface area (TPSA) is 50.2 Å². The minimum Gasteiger partial charge on any atom is -0.511 e. The van der Waals surface area contributed by atoms with Gasteiger partial charge in [-0.2, -0.15) is 0 Å². The van der Waals surface area contributed by atoms with Crippen molar-refractivity contribution in [1.82, 2.24) is 4.98 Å². The van der Waals surface area contributed by atoms with E-state index < -0.39 is 0 Å². The zero-order valence-corrected chi connectivity index (χ0v) is 23.8. The third-order valence-corrected chi connectivity index (χ3v) is 7.58. The van der Waals surface area contributed by atoms with Crippen molar-refractivity contribution in [2.24, 2.45) is 16.7 Å². The normalized spacial score (nSPS) is 20.4. The molecule has 1 saturated carbocycles. The molecule has 1 aromatic heterocycles. The molecule has 0 spiro atoms. The van der Waals surface area contributed by atoms with E-state index >= 15 is 0 Å². The number of aromatic nitrogens is 1. The largest absolute Gasteiger partial charge is 0.511 e. The molecule has 0 bridgehead atoms. The Morgan fingerprint density at radius 2 is 1.71 bits per heavy atom. The Hall–Kier alpha value is -2.29. The zero-order valence-electron chi connectivity index (χ0n) is 21.4. The van der Waals surface area contributed by atoms with E-state index in [1.165, 1.54) is 16.3 Å². The third kappa shape index (κ3) is 5.76. The van der Waals surface area contributed by atoms with Gasteiger partial charge in [-0.1, -0.05) is 58.9 Å². The van der Waals surface area contributed by atoms with Gasteiger partial charge in [-0.05, 0) is 60.1 Å². The summed E-state index contributed by atoms with van der Waals surface area (Å²) in [7, 11) is 0. The first-order valence-corrected chi connectivity index (χ1v) is 12.5. The molecule has 5 rings (SSSR count). The summed E-state index contributed by atoms with van der Waals surface area (Å²) in [5, 5.41) is 12.7. The van der Waals surface area contributed by atoms with E-state index in [4.69, 9.17) is 0 Å². The molecule has 2 aliphatic rings. The van der Waals surface area contributed by atoms with Crippen LogP contribution in [0, 0.1) is 22.8 Å². The van der Waals surface area contributed by atoms with Crippen molar-refractivity contribution in [1.29, 1.82) is 0 Å². The predicted octanol–water partition coefficient (Wildman–Crippen LogP) is 7.89. The van der Waals surface area contributed by atoms with Gasteiger partial charge < -0.3 is 10.1 Å². The number of hydrogen-bond donors (Lipinski definition) is 1. The van der Waals surface area contributed by atoms with Crippen molar-refractivity contribution in [2.75, 3.05) is 0 Å². The van der Waals surface area contributed by atoms with Crippen molar-refractivity contribution >= 4 is 16.6 Å². The molecule has 3 aromatic rings. The molecule has 35 heavy (non-hydrogen) atoms. The number of aliphatic hydroxyl groups excluding tert-OH is 1. The average Bonchev–Trinajstić information content (AvgIpc) is 2.84. The molecule has 1 unspecified atom stereocenters. The smallest absolute Gasteiger partial charge is 0.168 e. The van der Waals surface area contributed by atoms with E-state index in [-0.39, 0.29) is 36.7 Å². The van der Waals surface area contributed by atoms with Crippen LogP contribution in [0.1, 0.15) is 65.9 Å². The SMILES string of the molecule is CC1(C)CCC2CCC(C)(C)C(O)=C2C1=O.CCc1ccc2cnc(-c3[c-]cccc3)cc2c1.[Ir]. The van der Waals surface area contributed by atoms with Gasteiger partial charge in [0.1, 0.15) is 5.76 Å². The molecule has 4 heteroatoms. The third-order valence-electron chi connectivity index (χ3n) is 7.58. The molecule has 0 aliphatic heterocycles. The molecule has 2 aliphatic carbocycles. The molecule has 1 atom stereocenters. The van der Waals surface area contributed by atoms with Crippen LogP contribution in [0.4, 0.5) is 0 Å². The second kappa shape index (κ2) is 10.8. The number of allylic oxidation sites excluding steroid dienone is 2. The minimum atomic E-state index is -0.284. The summed E-state index contributed by atoms with van der Waals surface area (Å²) in [4.78, 5) is 16.9. The molecular formula is C31H36IrNO2-. The molecule has 1 fully saturated rings. The van der Waals surface area contributed by atoms with Crippen molar-refractivity contribution in [3.8, 4) is 11.3 Å². The summed E-state index contributed by atoms with van der Waals surface area (Å²) in [5.74, 6) is 0.851. The first-order chi connectivity index (χ1) is 16.1. The van der Waals surface area contributed by atoms with Gasteiger partial charge in [-0.25, -0.2) is 0 Å². The second-order valence-corrected chi connectivity index (χ2v) is 11.0. The fourth-order valence-electron chi connectivity index (χ4n) is 5.06. The number of Topliss-reactive ketones (excluding diaryl/α,β-unsaturated/α-hetero) is 1. The number of aryl methyl sites for hydroxylation is 1. The van der Waals surface area contributed by atoms with Crippen molar-refractivity contribution in [3.05, 3.63) is 77.7 Å². The fraction of sp³-hybridized carbons (Fsp3) is 0.419. The van der Waals surface area contributed by atoms with Gasteiger partial charge in [-0.3, -0.25) is 4.79 Å². The van der Waals surface area contributed by atoms with Gasteiger partial charge in [0.15, 0.2) is 5.78 Å². The van der Waals surface area contributed by atoms with Crippen LogP contribution in [0.2, 0.25) is 0 Å². The number of nitrogens with zero attached hydrogens (tertiary/aromatic N) is 1. The van der Waals surface area contributed by atoms with Gasteiger partial charge in [0.05, 0.1) is 0 Å². The molecule has 1 N–H and O–H groups in total. The van der Waals surface area contributed by atoms with Gasteiger partial charge in [0, 0.05) is 42.7 Å². The molecule has 187 valence electrons. The summed E-state index contributed by atoms with van der Waals surface area (Å²) in [6, 6.07) is 19.8. The van der Waals surface area contributed by atoms with Crippen LogP contribution in [-0.4, -0.2) is 15.9 Å². The Balaban J connectivity index is 0.000000192. The summed E-state index contributed by atoms with van der Waals surface area (Å²) >= 11 is 0. The van der Waals surface area contributed by atoms with E-state index in [0.29, 0.717) is 11.7 Å². The molecule has 2 aromatic carbocycles. The van der Waals surface area contributed by atoms with Crippen LogP contribution in [0.25, 0.3) is 22.0 Å². The molecular weight excluding hydrogens is 611 g/mol. The van der Waals surface area contributed by atoms with Crippen LogP contribution >= 0.6 is 0 Å². The van der Waals surface area contributed by atoms with Crippen LogP contribution in [0.5, 0.6) is 0 Å². The van der Waals surface area contributed by atoms with Crippen molar-refractivity contribution in [2.45, 2.75) is 66.7 Å². The van der Waals surface area contributed by atoms with Gasteiger partial charge >= 0.3 is 0 Å². The standard InChI is InChI=1S/C17H14N.C14H22O2.Ir/c1-2-13-8-9-15-12-18-17(11-16(15)10-13)14-6-4-3-5-7-14;1-13(2)7-5-9-6-8-14(3,4)12(16)10(9)11(13)15;/h3-6,8-12H,2H2,1H3;9,15H,5-8H2,1-4H3;/q-1;;. The number of pyridine rings is 1. The molecule has 0 saturated heterocycles. The van der Waals surface area contributed by atoms with E-state index in [9.17, 15) is 9.90 Å². The zero-order chi connectivity index (χ0) is 24.5. The number of carbonyl (C=O) groups excluding carboxylic acids is 1. The molecule has 0 amide bonds. The number of fused-ring (bicyclic) bond motifs is 2. The van der Waals surface area contributed by atoms with E-state index in [0.717, 1.165) is 48.9 Å². The maximum absolute atomic E-state index is 12.4. The van der Waals surface area contributed by atoms with Crippen molar-refractivity contribution < 1.29 is 30.0 Å². The Morgan fingerprint density at radius 3 is 2.37 bits per heavy atom. The monoisotopic (exact) mass is 647 g/mol. The average molecular weight is 647 g/mol. The molecule has 1 radical (unpaired) electrons. The number of hydrogen-bond acceptors (Lipinski definition) is 3. The number of rotatable bonds is 2. The van der Waals surface area contributed by atoms with Gasteiger partial charge in [0.25, 0.3) is 0 Å². The second-order valence-electron chi connectivity index (χ2n) is 11.0.